The monoisotopic (exact) mass is 550 g/mol. The Morgan fingerprint density at radius 1 is 0.615 bits per heavy atom. The lowest BCUT2D eigenvalue weighted by Gasteiger charge is -2.47. The summed E-state index contributed by atoms with van der Waals surface area (Å²) < 4.78 is 11.9. The minimum absolute atomic E-state index is 0.00206. The van der Waals surface area contributed by atoms with Crippen molar-refractivity contribution < 1.29 is 19.1 Å². The molecular weight excluding hydrogens is 488 g/mol. The van der Waals surface area contributed by atoms with Crippen LogP contribution in [0.25, 0.3) is 0 Å². The van der Waals surface area contributed by atoms with E-state index in [1.54, 1.807) is 0 Å². The topological polar surface area (TPSA) is 59.1 Å². The summed E-state index contributed by atoms with van der Waals surface area (Å²) in [7, 11) is 0. The molecule has 0 aromatic carbocycles. The molecule has 0 aliphatic carbocycles. The van der Waals surface area contributed by atoms with Crippen molar-refractivity contribution in [3.63, 3.8) is 0 Å². The maximum atomic E-state index is 12.7. The summed E-state index contributed by atoms with van der Waals surface area (Å²) in [6, 6.07) is 0. The number of esters is 2. The van der Waals surface area contributed by atoms with E-state index in [4.69, 9.17) is 9.47 Å². The summed E-state index contributed by atoms with van der Waals surface area (Å²) in [5, 5.41) is 0. The maximum Gasteiger partial charge on any atom is 0.306 e. The van der Waals surface area contributed by atoms with Crippen LogP contribution < -0.4 is 0 Å². The van der Waals surface area contributed by atoms with Gasteiger partial charge < -0.3 is 9.47 Å². The Balaban J connectivity index is 1.73. The summed E-state index contributed by atoms with van der Waals surface area (Å²) in [5.74, 6) is -0.194. The van der Waals surface area contributed by atoms with Crippen LogP contribution in [0.3, 0.4) is 0 Å². The lowest BCUT2D eigenvalue weighted by Crippen LogP contribution is -2.54. The Labute approximate surface area is 240 Å². The molecule has 0 spiro atoms. The van der Waals surface area contributed by atoms with Gasteiger partial charge in [0.1, 0.15) is 12.2 Å². The van der Waals surface area contributed by atoms with Gasteiger partial charge in [-0.25, -0.2) is 0 Å². The van der Waals surface area contributed by atoms with E-state index < -0.39 is 0 Å². The zero-order chi connectivity index (χ0) is 29.5. The molecule has 0 amide bonds. The van der Waals surface area contributed by atoms with Crippen LogP contribution in [0.1, 0.15) is 153 Å². The van der Waals surface area contributed by atoms with E-state index in [0.717, 1.165) is 83.7 Å². The number of hydrogen-bond acceptors (Lipinski definition) is 6. The van der Waals surface area contributed by atoms with Crippen molar-refractivity contribution in [1.29, 1.82) is 0 Å². The average Bonchev–Trinajstić information content (AvgIpc) is 2.95. The van der Waals surface area contributed by atoms with Gasteiger partial charge in [-0.1, -0.05) is 20.3 Å². The minimum atomic E-state index is -0.0972. The van der Waals surface area contributed by atoms with Crippen molar-refractivity contribution in [2.24, 2.45) is 0 Å². The van der Waals surface area contributed by atoms with E-state index in [-0.39, 0.29) is 46.3 Å². The summed E-state index contributed by atoms with van der Waals surface area (Å²) in [6.45, 7) is 25.0. The predicted molar refractivity (Wildman–Crippen MR) is 161 cm³/mol. The number of nitrogens with zero attached hydrogens (tertiary/aromatic N) is 2. The van der Waals surface area contributed by atoms with Crippen LogP contribution >= 0.6 is 0 Å². The van der Waals surface area contributed by atoms with Gasteiger partial charge in [-0.3, -0.25) is 19.4 Å². The number of ether oxygens (including phenoxy) is 2. The highest BCUT2D eigenvalue weighted by Crippen LogP contribution is 2.39. The molecule has 0 aromatic rings. The third-order valence-corrected chi connectivity index (χ3v) is 9.29. The van der Waals surface area contributed by atoms with Gasteiger partial charge in [-0.15, -0.1) is 0 Å². The molecule has 2 saturated heterocycles. The third kappa shape index (κ3) is 10.0. The molecule has 228 valence electrons. The Kier molecular flexibility index (Phi) is 12.4. The van der Waals surface area contributed by atoms with Crippen LogP contribution in [-0.2, 0) is 19.1 Å². The van der Waals surface area contributed by atoms with Crippen molar-refractivity contribution >= 4 is 11.9 Å². The molecule has 6 nitrogen and oxygen atoms in total. The SMILES string of the molecule is CCCN1C(C)(C)CCC(OC(=O)CCCCCC(=O)OC2CCC(C)(C)N(CCC)C(C)(C)C2)CC1(C)C. The molecule has 0 radical (unpaired) electrons. The van der Waals surface area contributed by atoms with E-state index in [1.165, 1.54) is 0 Å². The molecule has 2 rings (SSSR count). The van der Waals surface area contributed by atoms with Gasteiger partial charge >= 0.3 is 11.9 Å². The third-order valence-electron chi connectivity index (χ3n) is 9.29. The normalized spacial score (nSPS) is 26.8. The van der Waals surface area contributed by atoms with Gasteiger partial charge in [0.2, 0.25) is 0 Å². The van der Waals surface area contributed by atoms with Gasteiger partial charge in [-0.2, -0.15) is 0 Å². The maximum absolute atomic E-state index is 12.7. The Morgan fingerprint density at radius 2 is 0.974 bits per heavy atom. The molecule has 0 N–H and O–H groups in total. The second-order valence-electron chi connectivity index (χ2n) is 14.8. The lowest BCUT2D eigenvalue weighted by atomic mass is 9.91. The first-order valence-corrected chi connectivity index (χ1v) is 16.0. The molecular formula is C33H62N2O4. The summed E-state index contributed by atoms with van der Waals surface area (Å²) in [4.78, 5) is 30.5. The van der Waals surface area contributed by atoms with Crippen molar-refractivity contribution in [1.82, 2.24) is 9.80 Å². The first-order chi connectivity index (χ1) is 18.0. The fourth-order valence-corrected chi connectivity index (χ4v) is 7.54. The molecule has 2 atom stereocenters. The standard InChI is InChI=1S/C33H62N2O4/c1-11-22-34-30(3,4)20-18-26(24-32(34,7)8)38-28(36)16-14-13-15-17-29(37)39-27-19-21-31(5,6)35(23-12-2)33(9,10)25-27/h26-27H,11-25H2,1-10H3. The number of carbonyl (C=O) groups excluding carboxylic acids is 2. The van der Waals surface area contributed by atoms with Gasteiger partial charge in [0.05, 0.1) is 0 Å². The molecule has 0 saturated carbocycles. The number of carbonyl (C=O) groups is 2. The van der Waals surface area contributed by atoms with Crippen LogP contribution in [0.4, 0.5) is 0 Å². The molecule has 2 unspecified atom stereocenters. The Hall–Kier alpha value is -1.14. The number of unbranched alkanes of at least 4 members (excludes halogenated alkanes) is 2. The molecule has 39 heavy (non-hydrogen) atoms. The minimum Gasteiger partial charge on any atom is -0.462 e. The number of hydrogen-bond donors (Lipinski definition) is 0. The molecule has 2 heterocycles. The average molecular weight is 551 g/mol. The predicted octanol–water partition coefficient (Wildman–Crippen LogP) is 7.67. The summed E-state index contributed by atoms with van der Waals surface area (Å²) >= 11 is 0. The van der Waals surface area contributed by atoms with E-state index in [9.17, 15) is 9.59 Å². The Morgan fingerprint density at radius 3 is 1.31 bits per heavy atom. The smallest absolute Gasteiger partial charge is 0.306 e. The van der Waals surface area contributed by atoms with Crippen molar-refractivity contribution in [2.45, 2.75) is 187 Å². The Bertz CT molecular complexity index is 725. The van der Waals surface area contributed by atoms with Crippen molar-refractivity contribution in [3.8, 4) is 0 Å². The first-order valence-electron chi connectivity index (χ1n) is 16.0. The zero-order valence-corrected chi connectivity index (χ0v) is 27.3. The largest absolute Gasteiger partial charge is 0.462 e. The second kappa shape index (κ2) is 14.2. The highest BCUT2D eigenvalue weighted by molar-refractivity contribution is 5.70. The lowest BCUT2D eigenvalue weighted by molar-refractivity contribution is -0.151. The molecule has 6 heteroatoms. The van der Waals surface area contributed by atoms with Crippen LogP contribution in [0.5, 0.6) is 0 Å². The summed E-state index contributed by atoms with van der Waals surface area (Å²) in [5.41, 5.74) is 0.204. The molecule has 2 fully saturated rings. The fourth-order valence-electron chi connectivity index (χ4n) is 7.54. The van der Waals surface area contributed by atoms with Gasteiger partial charge in [-0.05, 0) is 120 Å². The fraction of sp³-hybridized carbons (Fsp3) is 0.939. The molecule has 0 aromatic heterocycles. The summed E-state index contributed by atoms with van der Waals surface area (Å²) in [6.07, 6.45) is 11.0. The van der Waals surface area contributed by atoms with E-state index in [0.29, 0.717) is 12.8 Å². The van der Waals surface area contributed by atoms with Gasteiger partial charge in [0.15, 0.2) is 0 Å². The van der Waals surface area contributed by atoms with Crippen LogP contribution in [-0.4, -0.2) is 69.2 Å². The number of rotatable bonds is 12. The highest BCUT2D eigenvalue weighted by Gasteiger charge is 2.43. The molecule has 2 aliphatic rings. The molecule has 0 bridgehead atoms. The van der Waals surface area contributed by atoms with E-state index >= 15 is 0 Å². The van der Waals surface area contributed by atoms with Crippen LogP contribution in [0.15, 0.2) is 0 Å². The highest BCUT2D eigenvalue weighted by atomic mass is 16.5. The quantitative estimate of drug-likeness (QED) is 0.184. The van der Waals surface area contributed by atoms with Crippen molar-refractivity contribution in [3.05, 3.63) is 0 Å². The van der Waals surface area contributed by atoms with Crippen LogP contribution in [0.2, 0.25) is 0 Å². The first kappa shape index (κ1) is 34.1. The van der Waals surface area contributed by atoms with Crippen molar-refractivity contribution in [2.75, 3.05) is 13.1 Å². The van der Waals surface area contributed by atoms with Crippen LogP contribution in [0, 0.1) is 0 Å². The molecule has 2 aliphatic heterocycles. The van der Waals surface area contributed by atoms with E-state index in [1.807, 2.05) is 0 Å². The van der Waals surface area contributed by atoms with Gasteiger partial charge in [0, 0.05) is 47.8 Å². The van der Waals surface area contributed by atoms with Gasteiger partial charge in [0.25, 0.3) is 0 Å². The number of likely N-dealkylation sites (tertiary alicyclic amines) is 2. The second-order valence-corrected chi connectivity index (χ2v) is 14.8. The zero-order valence-electron chi connectivity index (χ0n) is 27.3. The van der Waals surface area contributed by atoms with E-state index in [2.05, 4.69) is 79.0 Å².